The highest BCUT2D eigenvalue weighted by molar-refractivity contribution is 5.56. The molecule has 16 heavy (non-hydrogen) atoms. The molecule has 1 aromatic carbocycles. The van der Waals surface area contributed by atoms with E-state index in [4.69, 9.17) is 4.42 Å². The van der Waals surface area contributed by atoms with Gasteiger partial charge < -0.3 is 4.42 Å². The maximum absolute atomic E-state index is 11.7. The van der Waals surface area contributed by atoms with Gasteiger partial charge in [0.25, 0.3) is 0 Å². The van der Waals surface area contributed by atoms with Crippen molar-refractivity contribution in [2.24, 2.45) is 0 Å². The van der Waals surface area contributed by atoms with Gasteiger partial charge in [-0.05, 0) is 13.0 Å². The molecule has 1 aromatic heterocycles. The molecule has 0 radical (unpaired) electrons. The second-order valence-corrected chi connectivity index (χ2v) is 3.47. The van der Waals surface area contributed by atoms with Crippen molar-refractivity contribution in [1.82, 2.24) is 0 Å². The van der Waals surface area contributed by atoms with Crippen molar-refractivity contribution in [2.45, 2.75) is 6.92 Å². The van der Waals surface area contributed by atoms with Gasteiger partial charge in [0.05, 0.1) is 5.22 Å². The smallest absolute Gasteiger partial charge is 0.192 e. The molecule has 0 aliphatic heterocycles. The Morgan fingerprint density at radius 3 is 2.56 bits per heavy atom. The quantitative estimate of drug-likeness (QED) is 0.717. The molecule has 2 heteroatoms. The zero-order chi connectivity index (χ0) is 11.5. The average molecular weight is 212 g/mol. The van der Waals surface area contributed by atoms with Crippen LogP contribution in [-0.4, -0.2) is 0 Å². The molecule has 2 aromatic rings. The minimum absolute atomic E-state index is 0.0989. The van der Waals surface area contributed by atoms with Gasteiger partial charge in [-0.2, -0.15) is 0 Å². The van der Waals surface area contributed by atoms with Crippen molar-refractivity contribution in [1.29, 1.82) is 0 Å². The summed E-state index contributed by atoms with van der Waals surface area (Å²) in [5.74, 6) is 0.575. The Morgan fingerprint density at radius 2 is 1.94 bits per heavy atom. The highest BCUT2D eigenvalue weighted by atomic mass is 16.3. The van der Waals surface area contributed by atoms with E-state index in [0.717, 1.165) is 5.56 Å². The van der Waals surface area contributed by atoms with Crippen LogP contribution < -0.4 is 16.1 Å². The predicted octanol–water partition coefficient (Wildman–Crippen LogP) is 1.52. The Balaban J connectivity index is 2.75. The summed E-state index contributed by atoms with van der Waals surface area (Å²) in [7, 11) is 0. The van der Waals surface area contributed by atoms with Gasteiger partial charge in [-0.15, -0.1) is 0 Å². The number of hydrogen-bond acceptors (Lipinski definition) is 2. The first kappa shape index (κ1) is 10.4. The minimum Gasteiger partial charge on any atom is -0.456 e. The monoisotopic (exact) mass is 212 g/mol. The van der Waals surface area contributed by atoms with E-state index in [0.29, 0.717) is 16.4 Å². The van der Waals surface area contributed by atoms with Crippen LogP contribution in [0.1, 0.15) is 6.92 Å². The van der Waals surface area contributed by atoms with Crippen molar-refractivity contribution in [3.8, 4) is 11.3 Å². The topological polar surface area (TPSA) is 30.2 Å². The van der Waals surface area contributed by atoms with Crippen molar-refractivity contribution in [2.75, 3.05) is 0 Å². The molecule has 0 bridgehead atoms. The second kappa shape index (κ2) is 4.19. The third kappa shape index (κ3) is 1.82. The van der Waals surface area contributed by atoms with Crippen LogP contribution in [0.15, 0.2) is 45.6 Å². The van der Waals surface area contributed by atoms with E-state index in [1.807, 2.05) is 37.3 Å². The lowest BCUT2D eigenvalue weighted by Crippen LogP contribution is -2.36. The van der Waals surface area contributed by atoms with Gasteiger partial charge in [-0.3, -0.25) is 4.79 Å². The maximum Gasteiger partial charge on any atom is 0.192 e. The Morgan fingerprint density at radius 1 is 1.25 bits per heavy atom. The highest BCUT2D eigenvalue weighted by Gasteiger charge is 2.01. The molecular formula is C14H12O2. The van der Waals surface area contributed by atoms with Crippen LogP contribution >= 0.6 is 0 Å². The van der Waals surface area contributed by atoms with E-state index >= 15 is 0 Å². The largest absolute Gasteiger partial charge is 0.456 e. The Kier molecular flexibility index (Phi) is 2.73. The molecule has 0 saturated heterocycles. The molecule has 1 heterocycles. The maximum atomic E-state index is 11.7. The first-order chi connectivity index (χ1) is 7.72. The van der Waals surface area contributed by atoms with Crippen LogP contribution in [0.4, 0.5) is 0 Å². The zero-order valence-corrected chi connectivity index (χ0v) is 9.07. The molecule has 0 aliphatic carbocycles. The molecule has 0 N–H and O–H groups in total. The van der Waals surface area contributed by atoms with E-state index < -0.39 is 0 Å². The van der Waals surface area contributed by atoms with Crippen LogP contribution in [0.3, 0.4) is 0 Å². The summed E-state index contributed by atoms with van der Waals surface area (Å²) in [6.07, 6.45) is 1.75. The molecule has 80 valence electrons. The van der Waals surface area contributed by atoms with Crippen LogP contribution in [0, 0.1) is 0 Å². The molecular weight excluding hydrogens is 200 g/mol. The van der Waals surface area contributed by atoms with Gasteiger partial charge in [0.1, 0.15) is 11.2 Å². The summed E-state index contributed by atoms with van der Waals surface area (Å²) in [6, 6.07) is 11.0. The fraction of sp³-hybridized carbons (Fsp3) is 0.0714. The van der Waals surface area contributed by atoms with E-state index in [-0.39, 0.29) is 5.43 Å². The fourth-order valence-corrected chi connectivity index (χ4v) is 1.51. The lowest BCUT2D eigenvalue weighted by molar-refractivity contribution is 0.523. The summed E-state index contributed by atoms with van der Waals surface area (Å²) < 4.78 is 5.61. The summed E-state index contributed by atoms with van der Waals surface area (Å²) in [5, 5.41) is 0.405. The summed E-state index contributed by atoms with van der Waals surface area (Å²) in [4.78, 5) is 11.7. The van der Waals surface area contributed by atoms with Gasteiger partial charge >= 0.3 is 0 Å². The molecule has 0 atom stereocenters. The van der Waals surface area contributed by atoms with Gasteiger partial charge in [-0.1, -0.05) is 36.9 Å². The van der Waals surface area contributed by atoms with Crippen LogP contribution in [-0.2, 0) is 0 Å². The standard InChI is InChI=1S/C14H12O2/c1-3-13-10(2)12(15)9-14(16-13)11-7-5-4-6-8-11/h3-9H,2H2,1H3. The Hall–Kier alpha value is -2.09. The number of benzene rings is 1. The van der Waals surface area contributed by atoms with Crippen LogP contribution in [0.5, 0.6) is 0 Å². The first-order valence-corrected chi connectivity index (χ1v) is 5.07. The van der Waals surface area contributed by atoms with Gasteiger partial charge in [0, 0.05) is 11.6 Å². The normalized spacial score (nSPS) is 11.7. The van der Waals surface area contributed by atoms with E-state index in [2.05, 4.69) is 6.58 Å². The lowest BCUT2D eigenvalue weighted by Gasteiger charge is -1.99. The fourth-order valence-electron chi connectivity index (χ4n) is 1.51. The number of hydrogen-bond donors (Lipinski definition) is 0. The summed E-state index contributed by atoms with van der Waals surface area (Å²) in [5.41, 5.74) is 1.33. The minimum atomic E-state index is -0.0989. The molecule has 0 spiro atoms. The molecule has 0 unspecified atom stereocenters. The Labute approximate surface area is 93.2 Å². The van der Waals surface area contributed by atoms with Gasteiger partial charge in [-0.25, -0.2) is 0 Å². The van der Waals surface area contributed by atoms with Crippen molar-refractivity contribution < 1.29 is 4.42 Å². The third-order valence-corrected chi connectivity index (χ3v) is 2.40. The van der Waals surface area contributed by atoms with Gasteiger partial charge in [0.15, 0.2) is 5.43 Å². The van der Waals surface area contributed by atoms with E-state index in [1.54, 1.807) is 6.08 Å². The molecule has 0 saturated carbocycles. The highest BCUT2D eigenvalue weighted by Crippen LogP contribution is 2.14. The average Bonchev–Trinajstić information content (AvgIpc) is 2.33. The molecule has 0 amide bonds. The van der Waals surface area contributed by atoms with E-state index in [9.17, 15) is 4.79 Å². The zero-order valence-electron chi connectivity index (χ0n) is 9.07. The first-order valence-electron chi connectivity index (χ1n) is 5.07. The second-order valence-electron chi connectivity index (χ2n) is 3.47. The predicted molar refractivity (Wildman–Crippen MR) is 65.3 cm³/mol. The molecule has 0 fully saturated rings. The molecule has 2 nitrogen and oxygen atoms in total. The van der Waals surface area contributed by atoms with Crippen LogP contribution in [0.25, 0.3) is 24.0 Å². The molecule has 0 aliphatic rings. The SMILES string of the molecule is C=c1c(=O)cc(-c2ccccc2)oc1=CC. The van der Waals surface area contributed by atoms with Crippen molar-refractivity contribution in [3.63, 3.8) is 0 Å². The third-order valence-electron chi connectivity index (χ3n) is 2.40. The summed E-state index contributed by atoms with van der Waals surface area (Å²) in [6.45, 7) is 5.51. The van der Waals surface area contributed by atoms with Crippen molar-refractivity contribution in [3.05, 3.63) is 57.3 Å². The van der Waals surface area contributed by atoms with Crippen molar-refractivity contribution >= 4 is 12.7 Å². The van der Waals surface area contributed by atoms with Gasteiger partial charge in [0.2, 0.25) is 0 Å². The van der Waals surface area contributed by atoms with Crippen LogP contribution in [0.2, 0.25) is 0 Å². The molecule has 2 rings (SSSR count). The Bertz CT molecular complexity index is 651. The summed E-state index contributed by atoms with van der Waals surface area (Å²) >= 11 is 0. The van der Waals surface area contributed by atoms with E-state index in [1.165, 1.54) is 6.07 Å². The lowest BCUT2D eigenvalue weighted by atomic mass is 10.1. The number of rotatable bonds is 1.